The van der Waals surface area contributed by atoms with Crippen molar-refractivity contribution in [3.63, 3.8) is 0 Å². The number of hydrogen-bond donors (Lipinski definition) is 0. The minimum atomic E-state index is 0.244. The third-order valence-corrected chi connectivity index (χ3v) is 0.959. The van der Waals surface area contributed by atoms with E-state index in [0.29, 0.717) is 0 Å². The van der Waals surface area contributed by atoms with Crippen molar-refractivity contribution < 1.29 is 14.8 Å². The van der Waals surface area contributed by atoms with E-state index in [1.165, 1.54) is 11.1 Å². The Kier molecular flexibility index (Phi) is 9.89. The summed E-state index contributed by atoms with van der Waals surface area (Å²) in [6.07, 6.45) is 3.12. The highest BCUT2D eigenvalue weighted by atomic mass is 35.5. The monoisotopic (exact) mass is 198 g/mol. The molecule has 0 saturated carbocycles. The highest BCUT2D eigenvalue weighted by Crippen LogP contribution is 1.86. The molecular weight excluding hydrogens is 191 g/mol. The fraction of sp³-hybridized carbons (Fsp3) is 0.333. The number of hydrogen-bond acceptors (Lipinski definition) is 3. The second-order valence-electron chi connectivity index (χ2n) is 1.36. The molecule has 0 aromatic carbocycles. The first-order chi connectivity index (χ1) is 5.41. The van der Waals surface area contributed by atoms with Crippen LogP contribution in [0.25, 0.3) is 0 Å². The third-order valence-electron chi connectivity index (χ3n) is 0.603. The van der Waals surface area contributed by atoms with Crippen LogP contribution in [0.1, 0.15) is 0 Å². The van der Waals surface area contributed by atoms with Gasteiger partial charge in [-0.25, -0.2) is 9.78 Å². The quantitative estimate of drug-likeness (QED) is 0.373. The Hall–Kier alpha value is -0.0600. The minimum Gasteiger partial charge on any atom is -0.202 e. The van der Waals surface area contributed by atoms with Crippen LogP contribution < -0.4 is 0 Å². The molecule has 0 atom stereocenters. The summed E-state index contributed by atoms with van der Waals surface area (Å²) < 4.78 is 0. The van der Waals surface area contributed by atoms with Crippen LogP contribution in [0, 0.1) is 0 Å². The summed E-state index contributed by atoms with van der Waals surface area (Å²) in [5, 5.41) is 4.22. The topological polar surface area (TPSA) is 27.7 Å². The van der Waals surface area contributed by atoms with E-state index in [2.05, 4.69) is 14.8 Å². The highest BCUT2D eigenvalue weighted by Gasteiger charge is 1.83. The molecule has 0 aromatic rings. The fourth-order valence-electron chi connectivity index (χ4n) is 0.241. The first kappa shape index (κ1) is 10.9. The third kappa shape index (κ3) is 9.94. The second-order valence-corrected chi connectivity index (χ2v) is 1.86. The van der Waals surface area contributed by atoms with Crippen molar-refractivity contribution in [2.24, 2.45) is 0 Å². The molecule has 0 N–H and O–H groups in total. The molecule has 0 radical (unpaired) electrons. The lowest BCUT2D eigenvalue weighted by atomic mass is 10.7. The molecule has 0 aliphatic heterocycles. The summed E-state index contributed by atoms with van der Waals surface area (Å²) in [4.78, 5) is 8.90. The van der Waals surface area contributed by atoms with E-state index in [-0.39, 0.29) is 13.2 Å². The Labute approximate surface area is 75.0 Å². The Bertz CT molecular complexity index is 111. The second kappa shape index (κ2) is 9.94. The van der Waals surface area contributed by atoms with Crippen molar-refractivity contribution in [1.82, 2.24) is 0 Å². The molecule has 0 rings (SSSR count). The van der Waals surface area contributed by atoms with Crippen LogP contribution in [0.15, 0.2) is 23.2 Å². The van der Waals surface area contributed by atoms with Gasteiger partial charge in [-0.2, -0.15) is 0 Å². The van der Waals surface area contributed by atoms with Gasteiger partial charge in [0.2, 0.25) is 0 Å². The van der Waals surface area contributed by atoms with E-state index in [9.17, 15) is 0 Å². The van der Waals surface area contributed by atoms with Crippen molar-refractivity contribution in [2.45, 2.75) is 0 Å². The Morgan fingerprint density at radius 1 is 0.909 bits per heavy atom. The molecule has 0 heterocycles. The first-order valence-electron chi connectivity index (χ1n) is 2.83. The molecule has 5 heteroatoms. The average molecular weight is 199 g/mol. The standard InChI is InChI=1S/C6H8Cl2O3/c7-3-1-5-9-11-10-6-2-4-8/h1-4H,5-6H2. The molecule has 0 aliphatic carbocycles. The molecule has 0 aliphatic rings. The van der Waals surface area contributed by atoms with Crippen LogP contribution in [-0.2, 0) is 14.8 Å². The van der Waals surface area contributed by atoms with Gasteiger partial charge in [-0.1, -0.05) is 28.2 Å². The van der Waals surface area contributed by atoms with Crippen molar-refractivity contribution in [1.29, 1.82) is 0 Å². The maximum absolute atomic E-state index is 5.18. The number of rotatable bonds is 6. The first-order valence-corrected chi connectivity index (χ1v) is 3.70. The molecule has 0 unspecified atom stereocenters. The summed E-state index contributed by atoms with van der Waals surface area (Å²) >= 11 is 10.4. The van der Waals surface area contributed by atoms with Crippen molar-refractivity contribution in [3.05, 3.63) is 23.2 Å². The van der Waals surface area contributed by atoms with Gasteiger partial charge in [0.15, 0.2) is 0 Å². The Balaban J connectivity index is 2.90. The van der Waals surface area contributed by atoms with Crippen molar-refractivity contribution >= 4 is 23.2 Å². The van der Waals surface area contributed by atoms with Gasteiger partial charge in [-0.15, -0.1) is 0 Å². The van der Waals surface area contributed by atoms with Crippen LogP contribution in [0.4, 0.5) is 0 Å². The zero-order valence-corrected chi connectivity index (χ0v) is 7.22. The van der Waals surface area contributed by atoms with E-state index < -0.39 is 0 Å². The van der Waals surface area contributed by atoms with Gasteiger partial charge in [0.1, 0.15) is 13.2 Å². The van der Waals surface area contributed by atoms with Crippen molar-refractivity contribution in [3.8, 4) is 0 Å². The predicted molar refractivity (Wildman–Crippen MR) is 43.0 cm³/mol. The summed E-state index contributed by atoms with van der Waals surface area (Å²) in [6.45, 7) is 0.488. The Morgan fingerprint density at radius 2 is 1.36 bits per heavy atom. The highest BCUT2D eigenvalue weighted by molar-refractivity contribution is 6.25. The van der Waals surface area contributed by atoms with Gasteiger partial charge in [-0.05, 0) is 12.2 Å². The molecule has 0 bridgehead atoms. The van der Waals surface area contributed by atoms with Gasteiger partial charge in [-0.3, -0.25) is 0 Å². The zero-order valence-electron chi connectivity index (χ0n) is 5.70. The molecule has 0 saturated heterocycles. The molecule has 0 fully saturated rings. The molecule has 11 heavy (non-hydrogen) atoms. The molecule has 3 nitrogen and oxygen atoms in total. The van der Waals surface area contributed by atoms with Crippen molar-refractivity contribution in [2.75, 3.05) is 13.2 Å². The van der Waals surface area contributed by atoms with Gasteiger partial charge in [0.25, 0.3) is 0 Å². The lowest BCUT2D eigenvalue weighted by Gasteiger charge is -1.96. The predicted octanol–water partition coefficient (Wildman–Crippen LogP) is 2.37. The molecule has 0 spiro atoms. The van der Waals surface area contributed by atoms with Crippen LogP contribution in [0.3, 0.4) is 0 Å². The van der Waals surface area contributed by atoms with Crippen LogP contribution in [0.5, 0.6) is 0 Å². The summed E-state index contributed by atoms with van der Waals surface area (Å²) in [6, 6.07) is 0. The van der Waals surface area contributed by atoms with E-state index in [4.69, 9.17) is 23.2 Å². The summed E-state index contributed by atoms with van der Waals surface area (Å²) in [7, 11) is 0. The Morgan fingerprint density at radius 3 is 1.73 bits per heavy atom. The van der Waals surface area contributed by atoms with E-state index >= 15 is 0 Å². The molecule has 64 valence electrons. The van der Waals surface area contributed by atoms with Gasteiger partial charge < -0.3 is 0 Å². The van der Waals surface area contributed by atoms with E-state index in [0.717, 1.165) is 0 Å². The lowest BCUT2D eigenvalue weighted by molar-refractivity contribution is -0.505. The molecule has 0 aromatic heterocycles. The van der Waals surface area contributed by atoms with E-state index in [1.807, 2.05) is 0 Å². The maximum Gasteiger partial charge on any atom is 0.105 e. The summed E-state index contributed by atoms with van der Waals surface area (Å²) in [5.74, 6) is 0. The van der Waals surface area contributed by atoms with Gasteiger partial charge in [0.05, 0.1) is 0 Å². The molecular formula is C6H8Cl2O3. The molecule has 0 amide bonds. The van der Waals surface area contributed by atoms with Crippen LogP contribution in [0.2, 0.25) is 0 Å². The number of halogens is 2. The largest absolute Gasteiger partial charge is 0.202 e. The van der Waals surface area contributed by atoms with Crippen LogP contribution >= 0.6 is 23.2 Å². The minimum absolute atomic E-state index is 0.244. The maximum atomic E-state index is 5.18. The average Bonchev–Trinajstić information content (AvgIpc) is 2.03. The zero-order chi connectivity index (χ0) is 8.36. The van der Waals surface area contributed by atoms with Crippen LogP contribution in [-0.4, -0.2) is 13.2 Å². The van der Waals surface area contributed by atoms with E-state index in [1.54, 1.807) is 12.2 Å². The SMILES string of the molecule is ClC=CCOOOCC=CCl. The lowest BCUT2D eigenvalue weighted by Crippen LogP contribution is -1.96. The van der Waals surface area contributed by atoms with Gasteiger partial charge in [0, 0.05) is 11.1 Å². The summed E-state index contributed by atoms with van der Waals surface area (Å²) in [5.41, 5.74) is 2.64. The normalized spacial score (nSPS) is 11.8. The fourth-order valence-corrected chi connectivity index (χ4v) is 0.386. The smallest absolute Gasteiger partial charge is 0.105 e. The van der Waals surface area contributed by atoms with Gasteiger partial charge >= 0.3 is 0 Å².